The van der Waals surface area contributed by atoms with Gasteiger partial charge in [-0.3, -0.25) is 0 Å². The molecule has 2 aromatic heterocycles. The third-order valence-corrected chi connectivity index (χ3v) is 4.43. The highest BCUT2D eigenvalue weighted by atomic mass is 28.3. The van der Waals surface area contributed by atoms with E-state index in [-0.39, 0.29) is 0 Å². The molecule has 5 nitrogen and oxygen atoms in total. The number of nitrogens with zero attached hydrogens (tertiary/aromatic N) is 4. The van der Waals surface area contributed by atoms with Crippen molar-refractivity contribution in [3.8, 4) is 11.3 Å². The Morgan fingerprint density at radius 2 is 2.16 bits per heavy atom. The first-order chi connectivity index (χ1) is 9.04. The van der Waals surface area contributed by atoms with Crippen LogP contribution in [-0.4, -0.2) is 34.7 Å². The minimum Gasteiger partial charge on any atom is -0.360 e. The molecule has 0 saturated carbocycles. The predicted molar refractivity (Wildman–Crippen MR) is 77.4 cm³/mol. The second-order valence-corrected chi connectivity index (χ2v) is 11.3. The van der Waals surface area contributed by atoms with Gasteiger partial charge in [0.2, 0.25) is 0 Å². The zero-order valence-corrected chi connectivity index (χ0v) is 12.7. The maximum absolute atomic E-state index is 5.64. The highest BCUT2D eigenvalue weighted by Gasteiger charge is 2.12. The molecule has 0 aromatic carbocycles. The molecule has 0 fully saturated rings. The van der Waals surface area contributed by atoms with Crippen LogP contribution >= 0.6 is 0 Å². The largest absolute Gasteiger partial charge is 0.360 e. The summed E-state index contributed by atoms with van der Waals surface area (Å²) in [6.07, 6.45) is 5.37. The monoisotopic (exact) mass is 276 g/mol. The molecule has 0 aliphatic heterocycles. The summed E-state index contributed by atoms with van der Waals surface area (Å²) in [5.74, 6) is 0. The molecule has 0 amide bonds. The Balaban J connectivity index is 1.85. The highest BCUT2D eigenvalue weighted by molar-refractivity contribution is 6.76. The van der Waals surface area contributed by atoms with E-state index in [1.165, 1.54) is 6.04 Å². The number of rotatable bonds is 6. The van der Waals surface area contributed by atoms with Gasteiger partial charge in [0.25, 0.3) is 0 Å². The van der Waals surface area contributed by atoms with Crippen LogP contribution in [0.4, 0.5) is 0 Å². The van der Waals surface area contributed by atoms with Gasteiger partial charge < -0.3 is 4.74 Å². The topological polar surface area (TPSA) is 52.8 Å². The molecular weight excluding hydrogens is 256 g/mol. The Morgan fingerprint density at radius 1 is 1.32 bits per heavy atom. The summed E-state index contributed by atoms with van der Waals surface area (Å²) < 4.78 is 7.43. The summed E-state index contributed by atoms with van der Waals surface area (Å²) in [6, 6.07) is 4.95. The molecule has 0 atom stereocenters. The van der Waals surface area contributed by atoms with Crippen molar-refractivity contribution in [3.63, 3.8) is 0 Å². The van der Waals surface area contributed by atoms with E-state index in [1.807, 2.05) is 18.3 Å². The summed E-state index contributed by atoms with van der Waals surface area (Å²) >= 11 is 0. The lowest BCUT2D eigenvalue weighted by atomic mass is 10.2. The molecule has 0 unspecified atom stereocenters. The van der Waals surface area contributed by atoms with E-state index < -0.39 is 8.07 Å². The van der Waals surface area contributed by atoms with Crippen LogP contribution < -0.4 is 0 Å². The van der Waals surface area contributed by atoms with Crippen LogP contribution in [0.2, 0.25) is 25.7 Å². The second kappa shape index (κ2) is 6.07. The van der Waals surface area contributed by atoms with Crippen LogP contribution in [0.1, 0.15) is 0 Å². The van der Waals surface area contributed by atoms with E-state index in [1.54, 1.807) is 17.1 Å². The molecule has 6 heteroatoms. The smallest absolute Gasteiger partial charge is 0.139 e. The number of ether oxygens (including phenoxy) is 1. The van der Waals surface area contributed by atoms with E-state index in [4.69, 9.17) is 4.74 Å². The Labute approximate surface area is 114 Å². The Kier molecular flexibility index (Phi) is 4.44. The maximum Gasteiger partial charge on any atom is 0.139 e. The molecule has 19 heavy (non-hydrogen) atoms. The van der Waals surface area contributed by atoms with Crippen LogP contribution in [0.25, 0.3) is 11.3 Å². The van der Waals surface area contributed by atoms with Crippen molar-refractivity contribution in [2.75, 3.05) is 6.61 Å². The molecule has 0 N–H and O–H groups in total. The van der Waals surface area contributed by atoms with Crippen LogP contribution in [0.3, 0.4) is 0 Å². The van der Waals surface area contributed by atoms with Crippen molar-refractivity contribution in [1.29, 1.82) is 0 Å². The minimum atomic E-state index is -1.02. The molecule has 0 radical (unpaired) electrons. The number of hydrogen-bond donors (Lipinski definition) is 0. The van der Waals surface area contributed by atoms with Gasteiger partial charge in [-0.15, -0.1) is 0 Å². The zero-order chi connectivity index (χ0) is 13.7. The van der Waals surface area contributed by atoms with E-state index in [0.717, 1.165) is 17.9 Å². The lowest BCUT2D eigenvalue weighted by Crippen LogP contribution is -2.22. The van der Waals surface area contributed by atoms with Crippen molar-refractivity contribution in [1.82, 2.24) is 20.0 Å². The van der Waals surface area contributed by atoms with E-state index in [2.05, 4.69) is 34.9 Å². The molecular formula is C13H20N4OSi. The normalized spacial score (nSPS) is 11.7. The van der Waals surface area contributed by atoms with Gasteiger partial charge in [-0.1, -0.05) is 19.6 Å². The van der Waals surface area contributed by atoms with Crippen molar-refractivity contribution in [2.24, 2.45) is 0 Å². The second-order valence-electron chi connectivity index (χ2n) is 5.73. The lowest BCUT2D eigenvalue weighted by molar-refractivity contribution is 0.0786. The lowest BCUT2D eigenvalue weighted by Gasteiger charge is -2.15. The first kappa shape index (κ1) is 13.9. The van der Waals surface area contributed by atoms with E-state index in [9.17, 15) is 0 Å². The Bertz CT molecular complexity index is 507. The van der Waals surface area contributed by atoms with Crippen LogP contribution in [0, 0.1) is 0 Å². The van der Waals surface area contributed by atoms with E-state index in [0.29, 0.717) is 6.73 Å². The van der Waals surface area contributed by atoms with Gasteiger partial charge in [-0.25, -0.2) is 4.68 Å². The molecule has 0 spiro atoms. The summed E-state index contributed by atoms with van der Waals surface area (Å²) in [5, 5.41) is 12.2. The third kappa shape index (κ3) is 4.57. The van der Waals surface area contributed by atoms with Crippen molar-refractivity contribution in [3.05, 3.63) is 30.7 Å². The fourth-order valence-electron chi connectivity index (χ4n) is 1.56. The molecule has 2 rings (SSSR count). The van der Waals surface area contributed by atoms with Gasteiger partial charge in [0.15, 0.2) is 0 Å². The fraction of sp³-hybridized carbons (Fsp3) is 0.462. The first-order valence-electron chi connectivity index (χ1n) is 6.43. The van der Waals surface area contributed by atoms with Gasteiger partial charge in [-0.05, 0) is 18.2 Å². The molecule has 102 valence electrons. The van der Waals surface area contributed by atoms with Crippen LogP contribution in [-0.2, 0) is 11.5 Å². The standard InChI is InChI=1S/C13H20N4OSi/c1-19(2,3)8-7-18-11-17-10-12(9-15-17)13-5-4-6-14-16-13/h4-6,9-10H,7-8,11H2,1-3H3. The summed E-state index contributed by atoms with van der Waals surface area (Å²) in [5.41, 5.74) is 1.79. The average molecular weight is 276 g/mol. The van der Waals surface area contributed by atoms with Crippen molar-refractivity contribution >= 4 is 8.07 Å². The zero-order valence-electron chi connectivity index (χ0n) is 11.7. The summed E-state index contributed by atoms with van der Waals surface area (Å²) in [4.78, 5) is 0. The molecule has 0 bridgehead atoms. The van der Waals surface area contributed by atoms with E-state index >= 15 is 0 Å². The van der Waals surface area contributed by atoms with Crippen molar-refractivity contribution in [2.45, 2.75) is 32.4 Å². The third-order valence-electron chi connectivity index (χ3n) is 2.72. The van der Waals surface area contributed by atoms with Crippen LogP contribution in [0.15, 0.2) is 30.7 Å². The molecule has 0 saturated heterocycles. The Hall–Kier alpha value is -1.53. The van der Waals surface area contributed by atoms with Gasteiger partial charge in [-0.2, -0.15) is 15.3 Å². The summed E-state index contributed by atoms with van der Waals surface area (Å²) in [6.45, 7) is 8.32. The molecule has 0 aliphatic carbocycles. The average Bonchev–Trinajstić information content (AvgIpc) is 2.83. The Morgan fingerprint density at radius 3 is 2.84 bits per heavy atom. The molecule has 2 aromatic rings. The summed E-state index contributed by atoms with van der Waals surface area (Å²) in [7, 11) is -1.02. The van der Waals surface area contributed by atoms with Gasteiger partial charge in [0.1, 0.15) is 6.73 Å². The van der Waals surface area contributed by atoms with Gasteiger partial charge in [0.05, 0.1) is 11.9 Å². The fourth-order valence-corrected chi connectivity index (χ4v) is 2.32. The van der Waals surface area contributed by atoms with Crippen LogP contribution in [0.5, 0.6) is 0 Å². The molecule has 2 heterocycles. The quantitative estimate of drug-likeness (QED) is 0.601. The number of hydrogen-bond acceptors (Lipinski definition) is 4. The SMILES string of the molecule is C[Si](C)(C)CCOCn1cc(-c2cccnn2)cn1. The highest BCUT2D eigenvalue weighted by Crippen LogP contribution is 2.14. The number of aromatic nitrogens is 4. The minimum absolute atomic E-state index is 0.491. The first-order valence-corrected chi connectivity index (χ1v) is 10.1. The maximum atomic E-state index is 5.64. The predicted octanol–water partition coefficient (Wildman–Crippen LogP) is 2.65. The van der Waals surface area contributed by atoms with Crippen molar-refractivity contribution < 1.29 is 4.74 Å². The van der Waals surface area contributed by atoms with Gasteiger partial charge in [0, 0.05) is 32.6 Å². The molecule has 0 aliphatic rings. The van der Waals surface area contributed by atoms with Gasteiger partial charge >= 0.3 is 0 Å².